The van der Waals surface area contributed by atoms with Crippen molar-refractivity contribution in [3.8, 4) is 22.3 Å². The zero-order valence-electron chi connectivity index (χ0n) is 25.1. The van der Waals surface area contributed by atoms with Crippen LogP contribution in [-0.2, 0) is 0 Å². The van der Waals surface area contributed by atoms with Gasteiger partial charge >= 0.3 is 0 Å². The summed E-state index contributed by atoms with van der Waals surface area (Å²) in [5, 5.41) is 7.83. The molecule has 0 unspecified atom stereocenters. The fraction of sp³-hybridized carbons (Fsp3) is 0. The predicted octanol–water partition coefficient (Wildman–Crippen LogP) is 13.2. The van der Waals surface area contributed by atoms with E-state index in [1.807, 2.05) is 11.3 Å². The summed E-state index contributed by atoms with van der Waals surface area (Å²) in [4.78, 5) is 2.33. The number of hydrogen-bond acceptors (Lipinski definition) is 2. The minimum atomic E-state index is 1.13. The Labute approximate surface area is 272 Å². The number of fused-ring (bicyclic) bond motifs is 6. The molecular weight excluding hydrogens is 575 g/mol. The number of anilines is 3. The van der Waals surface area contributed by atoms with Crippen molar-refractivity contribution >= 4 is 70.1 Å². The lowest BCUT2D eigenvalue weighted by Gasteiger charge is -2.26. The van der Waals surface area contributed by atoms with E-state index in [2.05, 4.69) is 181 Å². The minimum Gasteiger partial charge on any atom is -0.311 e. The Morgan fingerprint density at radius 2 is 0.978 bits per heavy atom. The molecule has 0 bridgehead atoms. The van der Waals surface area contributed by atoms with Gasteiger partial charge in [-0.3, -0.25) is 0 Å². The Morgan fingerprint density at radius 3 is 1.78 bits per heavy atom. The lowest BCUT2D eigenvalue weighted by molar-refractivity contribution is 1.28. The summed E-state index contributed by atoms with van der Waals surface area (Å²) in [5.74, 6) is 0. The fourth-order valence-electron chi connectivity index (χ4n) is 6.83. The molecule has 1 aromatic heterocycles. The molecule has 216 valence electrons. The quantitative estimate of drug-likeness (QED) is 0.189. The third-order valence-electron chi connectivity index (χ3n) is 9.06. The Balaban J connectivity index is 1.08. The number of hydrogen-bond donors (Lipinski definition) is 0. The van der Waals surface area contributed by atoms with Crippen molar-refractivity contribution < 1.29 is 0 Å². The van der Waals surface area contributed by atoms with Gasteiger partial charge in [0.2, 0.25) is 0 Å². The monoisotopic (exact) mass is 603 g/mol. The maximum atomic E-state index is 2.33. The molecule has 0 atom stereocenters. The highest BCUT2D eigenvalue weighted by Crippen LogP contribution is 2.41. The van der Waals surface area contributed by atoms with E-state index in [1.165, 1.54) is 64.0 Å². The van der Waals surface area contributed by atoms with Crippen LogP contribution in [0, 0.1) is 0 Å². The van der Waals surface area contributed by atoms with Crippen LogP contribution in [0.4, 0.5) is 17.1 Å². The van der Waals surface area contributed by atoms with E-state index in [9.17, 15) is 0 Å². The smallest absolute Gasteiger partial charge is 0.0462 e. The predicted molar refractivity (Wildman–Crippen MR) is 200 cm³/mol. The van der Waals surface area contributed by atoms with Gasteiger partial charge in [0.15, 0.2) is 0 Å². The van der Waals surface area contributed by atoms with E-state index in [1.54, 1.807) is 0 Å². The van der Waals surface area contributed by atoms with E-state index in [0.717, 1.165) is 17.1 Å². The topological polar surface area (TPSA) is 3.24 Å². The first-order valence-electron chi connectivity index (χ1n) is 15.7. The van der Waals surface area contributed by atoms with Crippen molar-refractivity contribution in [2.45, 2.75) is 0 Å². The molecule has 0 spiro atoms. The van der Waals surface area contributed by atoms with Gasteiger partial charge in [0, 0.05) is 37.2 Å². The third-order valence-corrected chi connectivity index (χ3v) is 10.2. The Kier molecular flexibility index (Phi) is 6.40. The van der Waals surface area contributed by atoms with Crippen LogP contribution in [0.5, 0.6) is 0 Å². The highest BCUT2D eigenvalue weighted by atomic mass is 32.1. The highest BCUT2D eigenvalue weighted by Gasteiger charge is 2.14. The molecule has 0 saturated carbocycles. The number of thiophene rings is 1. The van der Waals surface area contributed by atoms with Crippen LogP contribution in [0.1, 0.15) is 0 Å². The average Bonchev–Trinajstić information content (AvgIpc) is 3.52. The Morgan fingerprint density at radius 1 is 0.348 bits per heavy atom. The normalized spacial score (nSPS) is 11.5. The summed E-state index contributed by atoms with van der Waals surface area (Å²) in [7, 11) is 0. The molecule has 2 heteroatoms. The van der Waals surface area contributed by atoms with E-state index in [-0.39, 0.29) is 0 Å². The van der Waals surface area contributed by atoms with Crippen LogP contribution in [0.25, 0.3) is 64.0 Å². The summed E-state index contributed by atoms with van der Waals surface area (Å²) in [6.07, 6.45) is 0. The maximum Gasteiger partial charge on any atom is 0.0462 e. The molecule has 0 N–H and O–H groups in total. The van der Waals surface area contributed by atoms with Crippen molar-refractivity contribution in [1.82, 2.24) is 0 Å². The molecule has 0 aliphatic rings. The zero-order chi connectivity index (χ0) is 30.5. The number of benzene rings is 8. The van der Waals surface area contributed by atoms with Gasteiger partial charge in [0.05, 0.1) is 0 Å². The van der Waals surface area contributed by atoms with Gasteiger partial charge in [0.25, 0.3) is 0 Å². The lowest BCUT2D eigenvalue weighted by atomic mass is 9.97. The molecule has 0 amide bonds. The summed E-state index contributed by atoms with van der Waals surface area (Å²) in [6, 6.07) is 63.8. The molecule has 0 saturated heterocycles. The Hall–Kier alpha value is -5.70. The lowest BCUT2D eigenvalue weighted by Crippen LogP contribution is -2.09. The molecule has 9 rings (SSSR count). The minimum absolute atomic E-state index is 1.13. The largest absolute Gasteiger partial charge is 0.311 e. The second-order valence-electron chi connectivity index (χ2n) is 11.8. The van der Waals surface area contributed by atoms with Crippen LogP contribution < -0.4 is 4.90 Å². The van der Waals surface area contributed by atoms with Crippen LogP contribution in [0.15, 0.2) is 176 Å². The van der Waals surface area contributed by atoms with Crippen LogP contribution in [0.2, 0.25) is 0 Å². The standard InChI is InChI=1S/C44H29NS/c1-2-11-35(12-3-1)45(37-25-19-32(20-26-37)39-15-8-10-31-9-4-5-13-38(31)39)36-23-17-30(18-24-36)33-21-27-40-34(29-33)22-28-43-44(40)41-14-6-7-16-42(41)46-43/h1-29H. The summed E-state index contributed by atoms with van der Waals surface area (Å²) < 4.78 is 2.69. The molecule has 0 aliphatic carbocycles. The molecular formula is C44H29NS. The van der Waals surface area contributed by atoms with E-state index >= 15 is 0 Å². The first-order chi connectivity index (χ1) is 22.8. The van der Waals surface area contributed by atoms with Gasteiger partial charge in [-0.1, -0.05) is 121 Å². The number of para-hydroxylation sites is 1. The van der Waals surface area contributed by atoms with Gasteiger partial charge in [-0.2, -0.15) is 0 Å². The van der Waals surface area contributed by atoms with Gasteiger partial charge in [-0.05, 0) is 98.4 Å². The molecule has 46 heavy (non-hydrogen) atoms. The summed E-state index contributed by atoms with van der Waals surface area (Å²) in [6.45, 7) is 0. The molecule has 9 aromatic rings. The third kappa shape index (κ3) is 4.54. The molecule has 0 fully saturated rings. The highest BCUT2D eigenvalue weighted by molar-refractivity contribution is 7.26. The maximum absolute atomic E-state index is 2.33. The Bertz CT molecular complexity index is 2500. The number of rotatable bonds is 5. The molecule has 0 aliphatic heterocycles. The van der Waals surface area contributed by atoms with Crippen molar-refractivity contribution in [1.29, 1.82) is 0 Å². The summed E-state index contributed by atoms with van der Waals surface area (Å²) in [5.41, 5.74) is 8.28. The first kappa shape index (κ1) is 26.7. The van der Waals surface area contributed by atoms with E-state index in [0.29, 0.717) is 0 Å². The molecule has 8 aromatic carbocycles. The van der Waals surface area contributed by atoms with E-state index in [4.69, 9.17) is 0 Å². The average molecular weight is 604 g/mol. The SMILES string of the molecule is c1ccc(N(c2ccc(-c3ccc4c(ccc5sc6ccccc6c54)c3)cc2)c2ccc(-c3cccc4ccccc34)cc2)cc1. The van der Waals surface area contributed by atoms with Crippen molar-refractivity contribution in [2.24, 2.45) is 0 Å². The van der Waals surface area contributed by atoms with Crippen LogP contribution in [-0.4, -0.2) is 0 Å². The number of nitrogens with zero attached hydrogens (tertiary/aromatic N) is 1. The summed E-state index contributed by atoms with van der Waals surface area (Å²) >= 11 is 1.87. The van der Waals surface area contributed by atoms with Crippen molar-refractivity contribution in [3.63, 3.8) is 0 Å². The second kappa shape index (κ2) is 11.0. The molecule has 1 nitrogen and oxygen atoms in total. The van der Waals surface area contributed by atoms with Gasteiger partial charge < -0.3 is 4.90 Å². The molecule has 1 heterocycles. The van der Waals surface area contributed by atoms with Crippen LogP contribution >= 0.6 is 11.3 Å². The van der Waals surface area contributed by atoms with Crippen LogP contribution in [0.3, 0.4) is 0 Å². The molecule has 0 radical (unpaired) electrons. The second-order valence-corrected chi connectivity index (χ2v) is 12.8. The first-order valence-corrected chi connectivity index (χ1v) is 16.5. The fourth-order valence-corrected chi connectivity index (χ4v) is 7.95. The van der Waals surface area contributed by atoms with Gasteiger partial charge in [-0.25, -0.2) is 0 Å². The van der Waals surface area contributed by atoms with Gasteiger partial charge in [-0.15, -0.1) is 11.3 Å². The van der Waals surface area contributed by atoms with Crippen molar-refractivity contribution in [3.05, 3.63) is 176 Å². The van der Waals surface area contributed by atoms with Gasteiger partial charge in [0.1, 0.15) is 0 Å². The zero-order valence-corrected chi connectivity index (χ0v) is 25.9. The van der Waals surface area contributed by atoms with E-state index < -0.39 is 0 Å². The van der Waals surface area contributed by atoms with Crippen molar-refractivity contribution in [2.75, 3.05) is 4.90 Å².